The molecule has 2 rings (SSSR count). The molecule has 0 saturated carbocycles. The number of nitrogens with one attached hydrogen (secondary N) is 1. The van der Waals surface area contributed by atoms with E-state index in [1.807, 2.05) is 6.26 Å². The first kappa shape index (κ1) is 15.6. The Kier molecular flexibility index (Phi) is 5.28. The molecule has 1 saturated heterocycles. The molecule has 1 aliphatic heterocycles. The average Bonchev–Trinajstić information content (AvgIpc) is 2.87. The van der Waals surface area contributed by atoms with Crippen molar-refractivity contribution in [3.05, 3.63) is 23.7 Å². The highest BCUT2D eigenvalue weighted by molar-refractivity contribution is 5.12. The van der Waals surface area contributed by atoms with Crippen LogP contribution in [0.2, 0.25) is 0 Å². The summed E-state index contributed by atoms with van der Waals surface area (Å²) in [6.45, 7) is 13.3. The van der Waals surface area contributed by atoms with Gasteiger partial charge in [-0.1, -0.05) is 34.1 Å². The van der Waals surface area contributed by atoms with Crippen molar-refractivity contribution in [3.8, 4) is 0 Å². The van der Waals surface area contributed by atoms with E-state index in [-0.39, 0.29) is 0 Å². The van der Waals surface area contributed by atoms with Crippen LogP contribution in [0.25, 0.3) is 0 Å². The summed E-state index contributed by atoms with van der Waals surface area (Å²) in [6.07, 6.45) is 5.81. The Morgan fingerprint density at radius 3 is 2.65 bits per heavy atom. The van der Waals surface area contributed by atoms with Gasteiger partial charge in [-0.2, -0.15) is 0 Å². The van der Waals surface area contributed by atoms with Gasteiger partial charge in [-0.25, -0.2) is 0 Å². The fraction of sp³-hybridized carbons (Fsp3) is 0.765. The maximum absolute atomic E-state index is 5.70. The number of nitrogens with zero attached hydrogens (tertiary/aromatic N) is 1. The lowest BCUT2D eigenvalue weighted by atomic mass is 9.78. The first-order chi connectivity index (χ1) is 9.50. The fourth-order valence-electron chi connectivity index (χ4n) is 2.75. The van der Waals surface area contributed by atoms with Gasteiger partial charge >= 0.3 is 0 Å². The summed E-state index contributed by atoms with van der Waals surface area (Å²) in [5.74, 6) is 1.10. The smallest absolute Gasteiger partial charge is 0.118 e. The SMILES string of the molecule is CCC1(C)CCN(Cc2cc(CNC(C)C)co2)CC1. The quantitative estimate of drug-likeness (QED) is 0.858. The van der Waals surface area contributed by atoms with Crippen LogP contribution in [-0.2, 0) is 13.1 Å². The summed E-state index contributed by atoms with van der Waals surface area (Å²) in [5, 5.41) is 3.42. The van der Waals surface area contributed by atoms with Crippen molar-refractivity contribution in [2.24, 2.45) is 5.41 Å². The second-order valence-corrected chi connectivity index (χ2v) is 6.90. The van der Waals surface area contributed by atoms with Gasteiger partial charge in [0.25, 0.3) is 0 Å². The van der Waals surface area contributed by atoms with Crippen molar-refractivity contribution in [1.82, 2.24) is 10.2 Å². The molecule has 0 aromatic carbocycles. The van der Waals surface area contributed by atoms with E-state index in [4.69, 9.17) is 4.42 Å². The molecule has 0 radical (unpaired) electrons. The van der Waals surface area contributed by atoms with Gasteiger partial charge in [-0.3, -0.25) is 4.90 Å². The summed E-state index contributed by atoms with van der Waals surface area (Å²) in [6, 6.07) is 2.71. The van der Waals surface area contributed by atoms with Crippen molar-refractivity contribution in [3.63, 3.8) is 0 Å². The van der Waals surface area contributed by atoms with Crippen molar-refractivity contribution in [1.29, 1.82) is 0 Å². The van der Waals surface area contributed by atoms with Gasteiger partial charge in [0.05, 0.1) is 12.8 Å². The summed E-state index contributed by atoms with van der Waals surface area (Å²) in [4.78, 5) is 2.52. The molecule has 2 heterocycles. The minimum atomic E-state index is 0.516. The predicted octanol–water partition coefficient (Wildman–Crippen LogP) is 3.79. The monoisotopic (exact) mass is 278 g/mol. The van der Waals surface area contributed by atoms with E-state index < -0.39 is 0 Å². The first-order valence-corrected chi connectivity index (χ1v) is 8.03. The summed E-state index contributed by atoms with van der Waals surface area (Å²) >= 11 is 0. The zero-order valence-corrected chi connectivity index (χ0v) is 13.5. The molecule has 0 aliphatic carbocycles. The third-order valence-corrected chi connectivity index (χ3v) is 4.72. The second-order valence-electron chi connectivity index (χ2n) is 6.90. The van der Waals surface area contributed by atoms with E-state index in [0.29, 0.717) is 11.5 Å². The van der Waals surface area contributed by atoms with Crippen molar-refractivity contribution in [2.45, 2.75) is 66.1 Å². The van der Waals surface area contributed by atoms with Gasteiger partial charge in [0.15, 0.2) is 0 Å². The minimum Gasteiger partial charge on any atom is -0.468 e. The largest absolute Gasteiger partial charge is 0.468 e. The average molecular weight is 278 g/mol. The Morgan fingerprint density at radius 1 is 1.35 bits per heavy atom. The van der Waals surface area contributed by atoms with E-state index in [0.717, 1.165) is 18.8 Å². The number of rotatable bonds is 6. The van der Waals surface area contributed by atoms with Crippen LogP contribution >= 0.6 is 0 Å². The van der Waals surface area contributed by atoms with E-state index in [1.54, 1.807) is 0 Å². The first-order valence-electron chi connectivity index (χ1n) is 8.03. The molecule has 0 unspecified atom stereocenters. The molecule has 1 aromatic rings. The van der Waals surface area contributed by atoms with E-state index in [1.165, 1.54) is 37.9 Å². The maximum Gasteiger partial charge on any atom is 0.118 e. The van der Waals surface area contributed by atoms with Crippen LogP contribution < -0.4 is 5.32 Å². The molecule has 3 heteroatoms. The van der Waals surface area contributed by atoms with Crippen LogP contribution in [0.15, 0.2) is 16.7 Å². The summed E-state index contributed by atoms with van der Waals surface area (Å²) < 4.78 is 5.70. The highest BCUT2D eigenvalue weighted by atomic mass is 16.3. The number of hydrogen-bond acceptors (Lipinski definition) is 3. The minimum absolute atomic E-state index is 0.516. The number of likely N-dealkylation sites (tertiary alicyclic amines) is 1. The number of hydrogen-bond donors (Lipinski definition) is 1. The highest BCUT2D eigenvalue weighted by Gasteiger charge is 2.28. The van der Waals surface area contributed by atoms with Crippen LogP contribution in [-0.4, -0.2) is 24.0 Å². The van der Waals surface area contributed by atoms with Gasteiger partial charge < -0.3 is 9.73 Å². The zero-order valence-electron chi connectivity index (χ0n) is 13.5. The molecule has 0 bridgehead atoms. The Morgan fingerprint density at radius 2 is 2.05 bits per heavy atom. The van der Waals surface area contributed by atoms with Gasteiger partial charge in [0.1, 0.15) is 5.76 Å². The maximum atomic E-state index is 5.70. The van der Waals surface area contributed by atoms with Gasteiger partial charge in [-0.05, 0) is 37.4 Å². The van der Waals surface area contributed by atoms with E-state index in [2.05, 4.69) is 44.0 Å². The van der Waals surface area contributed by atoms with Crippen LogP contribution in [0.1, 0.15) is 58.3 Å². The molecular weight excluding hydrogens is 248 g/mol. The van der Waals surface area contributed by atoms with Gasteiger partial charge in [0, 0.05) is 18.2 Å². The summed E-state index contributed by atoms with van der Waals surface area (Å²) in [5.41, 5.74) is 1.82. The molecule has 1 aliphatic rings. The Labute approximate surface area is 123 Å². The molecule has 20 heavy (non-hydrogen) atoms. The fourth-order valence-corrected chi connectivity index (χ4v) is 2.75. The lowest BCUT2D eigenvalue weighted by Gasteiger charge is -2.38. The van der Waals surface area contributed by atoms with E-state index in [9.17, 15) is 0 Å². The van der Waals surface area contributed by atoms with Crippen molar-refractivity contribution >= 4 is 0 Å². The van der Waals surface area contributed by atoms with Crippen LogP contribution in [0, 0.1) is 5.41 Å². The number of piperidine rings is 1. The lowest BCUT2D eigenvalue weighted by molar-refractivity contribution is 0.104. The van der Waals surface area contributed by atoms with Crippen molar-refractivity contribution in [2.75, 3.05) is 13.1 Å². The Balaban J connectivity index is 1.80. The topological polar surface area (TPSA) is 28.4 Å². The molecular formula is C17H30N2O. The van der Waals surface area contributed by atoms with Crippen molar-refractivity contribution < 1.29 is 4.42 Å². The van der Waals surface area contributed by atoms with Gasteiger partial charge in [0.2, 0.25) is 0 Å². The molecule has 1 aromatic heterocycles. The molecule has 114 valence electrons. The standard InChI is InChI=1S/C17H30N2O/c1-5-17(4)6-8-19(9-7-17)12-16-10-15(13-20-16)11-18-14(2)3/h10,13-14,18H,5-9,11-12H2,1-4H3. The highest BCUT2D eigenvalue weighted by Crippen LogP contribution is 2.34. The molecule has 1 N–H and O–H groups in total. The molecule has 0 spiro atoms. The van der Waals surface area contributed by atoms with Crippen LogP contribution in [0.3, 0.4) is 0 Å². The zero-order chi connectivity index (χ0) is 14.6. The Bertz CT molecular complexity index is 403. The van der Waals surface area contributed by atoms with Crippen LogP contribution in [0.4, 0.5) is 0 Å². The molecule has 0 atom stereocenters. The van der Waals surface area contributed by atoms with Gasteiger partial charge in [-0.15, -0.1) is 0 Å². The lowest BCUT2D eigenvalue weighted by Crippen LogP contribution is -2.37. The Hall–Kier alpha value is -0.800. The van der Waals surface area contributed by atoms with E-state index >= 15 is 0 Å². The van der Waals surface area contributed by atoms with Crippen LogP contribution in [0.5, 0.6) is 0 Å². The summed E-state index contributed by atoms with van der Waals surface area (Å²) in [7, 11) is 0. The molecule has 0 amide bonds. The number of furan rings is 1. The molecule has 1 fully saturated rings. The molecule has 3 nitrogen and oxygen atoms in total. The normalized spacial score (nSPS) is 19.6. The third-order valence-electron chi connectivity index (χ3n) is 4.72. The predicted molar refractivity (Wildman–Crippen MR) is 83.6 cm³/mol. The second kappa shape index (κ2) is 6.77. The third kappa shape index (κ3) is 4.35.